The van der Waals surface area contributed by atoms with Crippen molar-refractivity contribution >= 4 is 0 Å². The fourth-order valence-electron chi connectivity index (χ4n) is 3.39. The molecule has 3 unspecified atom stereocenters. The van der Waals surface area contributed by atoms with Crippen LogP contribution >= 0.6 is 0 Å². The first-order valence-electron chi connectivity index (χ1n) is 7.67. The summed E-state index contributed by atoms with van der Waals surface area (Å²) in [5, 5.41) is 0. The van der Waals surface area contributed by atoms with E-state index in [1.165, 1.54) is 0 Å². The minimum Gasteiger partial charge on any atom is -0.481 e. The van der Waals surface area contributed by atoms with Gasteiger partial charge in [0, 0.05) is 37.9 Å². The minimum absolute atomic E-state index is 0.0707. The molecule has 3 heterocycles. The highest BCUT2D eigenvalue weighted by Gasteiger charge is 2.42. The SMILES string of the molecule is COc1ccc(CC(N)C2CCOC3(CCOC3)C2)cn1. The molecule has 0 amide bonds. The molecular formula is C16H24N2O3. The number of rotatable bonds is 4. The largest absolute Gasteiger partial charge is 0.481 e. The summed E-state index contributed by atoms with van der Waals surface area (Å²) < 4.78 is 16.6. The number of nitrogens with two attached hydrogens (primary N) is 1. The Balaban J connectivity index is 1.60. The van der Waals surface area contributed by atoms with Gasteiger partial charge in [0.1, 0.15) is 0 Å². The van der Waals surface area contributed by atoms with Crippen molar-refractivity contribution in [1.29, 1.82) is 0 Å². The zero-order valence-electron chi connectivity index (χ0n) is 12.6. The third kappa shape index (κ3) is 3.36. The van der Waals surface area contributed by atoms with E-state index in [1.807, 2.05) is 18.3 Å². The quantitative estimate of drug-likeness (QED) is 0.912. The number of pyridine rings is 1. The second-order valence-electron chi connectivity index (χ2n) is 6.16. The van der Waals surface area contributed by atoms with Crippen molar-refractivity contribution in [2.24, 2.45) is 11.7 Å². The van der Waals surface area contributed by atoms with Crippen LogP contribution in [-0.2, 0) is 15.9 Å². The summed E-state index contributed by atoms with van der Waals surface area (Å²) in [6, 6.07) is 4.07. The van der Waals surface area contributed by atoms with Crippen molar-refractivity contribution in [1.82, 2.24) is 4.98 Å². The molecule has 0 saturated carbocycles. The van der Waals surface area contributed by atoms with Gasteiger partial charge in [-0.2, -0.15) is 0 Å². The Morgan fingerprint density at radius 2 is 2.38 bits per heavy atom. The highest BCUT2D eigenvalue weighted by atomic mass is 16.6. The lowest BCUT2D eigenvalue weighted by Crippen LogP contribution is -2.46. The molecule has 21 heavy (non-hydrogen) atoms. The van der Waals surface area contributed by atoms with E-state index in [1.54, 1.807) is 7.11 Å². The lowest BCUT2D eigenvalue weighted by atomic mass is 9.80. The van der Waals surface area contributed by atoms with Gasteiger partial charge in [0.05, 0.1) is 19.3 Å². The number of hydrogen-bond donors (Lipinski definition) is 1. The van der Waals surface area contributed by atoms with E-state index in [2.05, 4.69) is 4.98 Å². The monoisotopic (exact) mass is 292 g/mol. The van der Waals surface area contributed by atoms with Gasteiger partial charge < -0.3 is 19.9 Å². The van der Waals surface area contributed by atoms with E-state index < -0.39 is 0 Å². The Morgan fingerprint density at radius 3 is 3.05 bits per heavy atom. The molecule has 2 N–H and O–H groups in total. The van der Waals surface area contributed by atoms with Crippen molar-refractivity contribution in [2.45, 2.75) is 37.3 Å². The first-order valence-corrected chi connectivity index (χ1v) is 7.67. The second-order valence-corrected chi connectivity index (χ2v) is 6.16. The number of methoxy groups -OCH3 is 1. The Bertz CT molecular complexity index is 457. The first kappa shape index (κ1) is 14.8. The third-order valence-corrected chi connectivity index (χ3v) is 4.68. The molecule has 0 radical (unpaired) electrons. The van der Waals surface area contributed by atoms with Crippen molar-refractivity contribution in [3.8, 4) is 5.88 Å². The third-order valence-electron chi connectivity index (χ3n) is 4.68. The molecule has 116 valence electrons. The van der Waals surface area contributed by atoms with Gasteiger partial charge in [0.2, 0.25) is 5.88 Å². The van der Waals surface area contributed by atoms with Crippen LogP contribution in [0.3, 0.4) is 0 Å². The van der Waals surface area contributed by atoms with Crippen LogP contribution in [-0.4, -0.2) is 43.6 Å². The number of aromatic nitrogens is 1. The fourth-order valence-corrected chi connectivity index (χ4v) is 3.39. The van der Waals surface area contributed by atoms with E-state index in [-0.39, 0.29) is 11.6 Å². The summed E-state index contributed by atoms with van der Waals surface area (Å²) >= 11 is 0. The maximum atomic E-state index is 6.45. The predicted molar refractivity (Wildman–Crippen MR) is 79.3 cm³/mol. The van der Waals surface area contributed by atoms with E-state index in [0.29, 0.717) is 11.8 Å². The number of ether oxygens (including phenoxy) is 3. The molecule has 3 atom stereocenters. The van der Waals surface area contributed by atoms with Crippen LogP contribution in [0.25, 0.3) is 0 Å². The maximum absolute atomic E-state index is 6.45. The predicted octanol–water partition coefficient (Wildman–Crippen LogP) is 1.55. The van der Waals surface area contributed by atoms with E-state index >= 15 is 0 Å². The van der Waals surface area contributed by atoms with Crippen molar-refractivity contribution < 1.29 is 14.2 Å². The molecule has 2 aliphatic heterocycles. The van der Waals surface area contributed by atoms with Crippen LogP contribution in [0.15, 0.2) is 18.3 Å². The Kier molecular flexibility index (Phi) is 4.42. The normalized spacial score (nSPS) is 30.5. The van der Waals surface area contributed by atoms with Gasteiger partial charge in [-0.05, 0) is 30.7 Å². The van der Waals surface area contributed by atoms with Gasteiger partial charge >= 0.3 is 0 Å². The average Bonchev–Trinajstić information content (AvgIpc) is 2.96. The first-order chi connectivity index (χ1) is 10.2. The Morgan fingerprint density at radius 1 is 1.48 bits per heavy atom. The molecule has 3 rings (SSSR count). The molecule has 5 nitrogen and oxygen atoms in total. The lowest BCUT2D eigenvalue weighted by Gasteiger charge is -2.39. The summed E-state index contributed by atoms with van der Waals surface area (Å²) in [4.78, 5) is 4.24. The fraction of sp³-hybridized carbons (Fsp3) is 0.688. The lowest BCUT2D eigenvalue weighted by molar-refractivity contribution is -0.101. The van der Waals surface area contributed by atoms with Gasteiger partial charge in [-0.15, -0.1) is 0 Å². The molecule has 2 aliphatic rings. The molecule has 2 saturated heterocycles. The molecule has 0 aliphatic carbocycles. The zero-order valence-corrected chi connectivity index (χ0v) is 12.6. The summed E-state index contributed by atoms with van der Waals surface area (Å²) in [5.74, 6) is 1.13. The standard InChI is InChI=1S/C16H24N2O3/c1-19-15-3-2-12(10-18-15)8-14(17)13-4-6-21-16(9-13)5-7-20-11-16/h2-3,10,13-14H,4-9,11,17H2,1H3. The van der Waals surface area contributed by atoms with E-state index in [4.69, 9.17) is 19.9 Å². The zero-order chi connectivity index (χ0) is 14.7. The molecular weight excluding hydrogens is 268 g/mol. The molecule has 1 aromatic rings. The maximum Gasteiger partial charge on any atom is 0.212 e. The van der Waals surface area contributed by atoms with Gasteiger partial charge in [0.25, 0.3) is 0 Å². The van der Waals surface area contributed by atoms with Crippen LogP contribution < -0.4 is 10.5 Å². The minimum atomic E-state index is -0.0707. The Hall–Kier alpha value is -1.17. The highest BCUT2D eigenvalue weighted by Crippen LogP contribution is 2.37. The smallest absolute Gasteiger partial charge is 0.212 e. The molecule has 1 spiro atoms. The summed E-state index contributed by atoms with van der Waals surface area (Å²) in [6.07, 6.45) is 5.75. The molecule has 1 aromatic heterocycles. The van der Waals surface area contributed by atoms with Gasteiger partial charge in [-0.1, -0.05) is 6.07 Å². The number of hydrogen-bond acceptors (Lipinski definition) is 5. The summed E-state index contributed by atoms with van der Waals surface area (Å²) in [5.41, 5.74) is 7.53. The van der Waals surface area contributed by atoms with Gasteiger partial charge in [0.15, 0.2) is 0 Å². The van der Waals surface area contributed by atoms with Crippen LogP contribution in [0.5, 0.6) is 5.88 Å². The van der Waals surface area contributed by atoms with E-state index in [0.717, 1.165) is 51.1 Å². The summed E-state index contributed by atoms with van der Waals surface area (Å²) in [6.45, 7) is 2.33. The topological polar surface area (TPSA) is 66.6 Å². The van der Waals surface area contributed by atoms with E-state index in [9.17, 15) is 0 Å². The van der Waals surface area contributed by atoms with Crippen LogP contribution in [0.2, 0.25) is 0 Å². The van der Waals surface area contributed by atoms with Crippen molar-refractivity contribution in [3.05, 3.63) is 23.9 Å². The molecule has 0 aromatic carbocycles. The Labute approximate surface area is 125 Å². The van der Waals surface area contributed by atoms with Gasteiger partial charge in [-0.25, -0.2) is 4.98 Å². The van der Waals surface area contributed by atoms with Crippen LogP contribution in [0, 0.1) is 5.92 Å². The highest BCUT2D eigenvalue weighted by molar-refractivity contribution is 5.18. The van der Waals surface area contributed by atoms with Crippen LogP contribution in [0.4, 0.5) is 0 Å². The van der Waals surface area contributed by atoms with Crippen molar-refractivity contribution in [3.63, 3.8) is 0 Å². The van der Waals surface area contributed by atoms with Crippen LogP contribution in [0.1, 0.15) is 24.8 Å². The molecule has 0 bridgehead atoms. The van der Waals surface area contributed by atoms with Crippen molar-refractivity contribution in [2.75, 3.05) is 26.9 Å². The summed E-state index contributed by atoms with van der Waals surface area (Å²) in [7, 11) is 1.62. The second kappa shape index (κ2) is 6.30. The average molecular weight is 292 g/mol. The molecule has 2 fully saturated rings. The molecule has 5 heteroatoms. The number of nitrogens with zero attached hydrogens (tertiary/aromatic N) is 1. The van der Waals surface area contributed by atoms with Gasteiger partial charge in [-0.3, -0.25) is 0 Å².